The standard InChI is InChI=1S/C18H20N4/c1-22-13-16(18(21-22)15-5-3-2-4-6-15)8-7-14-9-10-20-12-17(14)11-19/h7-10,12-13,15H,2-6H2,1H3/b8-7+. The molecule has 2 aromatic rings. The van der Waals surface area contributed by atoms with Gasteiger partial charge < -0.3 is 0 Å². The van der Waals surface area contributed by atoms with Gasteiger partial charge in [-0.3, -0.25) is 9.67 Å². The monoisotopic (exact) mass is 292 g/mol. The first-order valence-electron chi connectivity index (χ1n) is 7.83. The average Bonchev–Trinajstić information content (AvgIpc) is 2.95. The molecule has 0 amide bonds. The first-order valence-corrected chi connectivity index (χ1v) is 7.83. The van der Waals surface area contributed by atoms with Gasteiger partial charge >= 0.3 is 0 Å². The molecule has 0 unspecified atom stereocenters. The Morgan fingerprint density at radius 3 is 2.77 bits per heavy atom. The van der Waals surface area contributed by atoms with Crippen molar-refractivity contribution in [3.05, 3.63) is 47.0 Å². The van der Waals surface area contributed by atoms with E-state index >= 15 is 0 Å². The lowest BCUT2D eigenvalue weighted by Gasteiger charge is -2.20. The van der Waals surface area contributed by atoms with Gasteiger partial charge in [-0.2, -0.15) is 10.4 Å². The van der Waals surface area contributed by atoms with Gasteiger partial charge in [0.2, 0.25) is 0 Å². The predicted molar refractivity (Wildman–Crippen MR) is 86.9 cm³/mol. The molecule has 2 aromatic heterocycles. The highest BCUT2D eigenvalue weighted by Crippen LogP contribution is 2.34. The Labute approximate surface area is 131 Å². The third-order valence-corrected chi connectivity index (χ3v) is 4.30. The second-order valence-electron chi connectivity index (χ2n) is 5.89. The summed E-state index contributed by atoms with van der Waals surface area (Å²) in [6.07, 6.45) is 15.9. The normalized spacial score (nSPS) is 16.0. The molecule has 2 heterocycles. The maximum absolute atomic E-state index is 9.14. The van der Waals surface area contributed by atoms with Crippen LogP contribution in [0.4, 0.5) is 0 Å². The zero-order valence-electron chi connectivity index (χ0n) is 12.9. The molecule has 4 heteroatoms. The Bertz CT molecular complexity index is 715. The van der Waals surface area contributed by atoms with Crippen LogP contribution in [-0.2, 0) is 7.05 Å². The number of hydrogen-bond acceptors (Lipinski definition) is 3. The first kappa shape index (κ1) is 14.5. The molecule has 4 nitrogen and oxygen atoms in total. The van der Waals surface area contributed by atoms with E-state index < -0.39 is 0 Å². The zero-order chi connectivity index (χ0) is 15.4. The predicted octanol–water partition coefficient (Wildman–Crippen LogP) is 3.90. The third-order valence-electron chi connectivity index (χ3n) is 4.30. The van der Waals surface area contributed by atoms with Gasteiger partial charge in [0.05, 0.1) is 11.3 Å². The molecule has 0 bridgehead atoms. The largest absolute Gasteiger partial charge is 0.275 e. The molecule has 0 spiro atoms. The van der Waals surface area contributed by atoms with Gasteiger partial charge in [-0.25, -0.2) is 0 Å². The quantitative estimate of drug-likeness (QED) is 0.862. The van der Waals surface area contributed by atoms with Crippen molar-refractivity contribution in [1.82, 2.24) is 14.8 Å². The molecule has 0 saturated heterocycles. The van der Waals surface area contributed by atoms with E-state index in [1.165, 1.54) is 37.8 Å². The summed E-state index contributed by atoms with van der Waals surface area (Å²) in [7, 11) is 1.97. The third kappa shape index (κ3) is 3.09. The second-order valence-corrected chi connectivity index (χ2v) is 5.89. The van der Waals surface area contributed by atoms with Crippen molar-refractivity contribution in [2.24, 2.45) is 7.05 Å². The minimum atomic E-state index is 0.572. The van der Waals surface area contributed by atoms with Crippen LogP contribution in [0.3, 0.4) is 0 Å². The molecular formula is C18H20N4. The van der Waals surface area contributed by atoms with Crippen molar-refractivity contribution in [2.45, 2.75) is 38.0 Å². The van der Waals surface area contributed by atoms with Crippen molar-refractivity contribution in [3.63, 3.8) is 0 Å². The maximum atomic E-state index is 9.14. The fourth-order valence-corrected chi connectivity index (χ4v) is 3.17. The molecule has 22 heavy (non-hydrogen) atoms. The van der Waals surface area contributed by atoms with Crippen LogP contribution in [0.1, 0.15) is 60.4 Å². The van der Waals surface area contributed by atoms with Crippen molar-refractivity contribution in [1.29, 1.82) is 5.26 Å². The van der Waals surface area contributed by atoms with Gasteiger partial charge in [0.15, 0.2) is 0 Å². The van der Waals surface area contributed by atoms with Crippen LogP contribution < -0.4 is 0 Å². The molecule has 1 aliphatic rings. The van der Waals surface area contributed by atoms with Crippen LogP contribution in [0.15, 0.2) is 24.7 Å². The van der Waals surface area contributed by atoms with Gasteiger partial charge in [-0.15, -0.1) is 0 Å². The molecule has 0 radical (unpaired) electrons. The van der Waals surface area contributed by atoms with E-state index in [2.05, 4.69) is 28.4 Å². The molecule has 112 valence electrons. The van der Waals surface area contributed by atoms with E-state index in [1.807, 2.05) is 23.9 Å². The van der Waals surface area contributed by atoms with Crippen molar-refractivity contribution in [3.8, 4) is 6.07 Å². The van der Waals surface area contributed by atoms with Gasteiger partial charge in [0.25, 0.3) is 0 Å². The summed E-state index contributed by atoms with van der Waals surface area (Å²) in [5.74, 6) is 0.572. The Morgan fingerprint density at radius 2 is 2.00 bits per heavy atom. The summed E-state index contributed by atoms with van der Waals surface area (Å²) < 4.78 is 1.89. The number of pyridine rings is 1. The molecule has 0 aliphatic heterocycles. The Kier molecular flexibility index (Phi) is 4.34. The lowest BCUT2D eigenvalue weighted by molar-refractivity contribution is 0.433. The van der Waals surface area contributed by atoms with Gasteiger partial charge in [0, 0.05) is 37.1 Å². The van der Waals surface area contributed by atoms with Gasteiger partial charge in [-0.1, -0.05) is 31.4 Å². The highest BCUT2D eigenvalue weighted by molar-refractivity contribution is 5.73. The number of nitriles is 1. The maximum Gasteiger partial charge on any atom is 0.101 e. The summed E-state index contributed by atoms with van der Waals surface area (Å²) in [6, 6.07) is 4.05. The van der Waals surface area contributed by atoms with Crippen LogP contribution in [0.25, 0.3) is 12.2 Å². The van der Waals surface area contributed by atoms with Crippen LogP contribution in [0, 0.1) is 11.3 Å². The summed E-state index contributed by atoms with van der Waals surface area (Å²) in [5, 5.41) is 13.8. The molecule has 1 saturated carbocycles. The van der Waals surface area contributed by atoms with Crippen LogP contribution in [-0.4, -0.2) is 14.8 Å². The number of aromatic nitrogens is 3. The SMILES string of the molecule is Cn1cc(/C=C/c2ccncc2C#N)c(C2CCCCC2)n1. The van der Waals surface area contributed by atoms with E-state index in [9.17, 15) is 0 Å². The smallest absolute Gasteiger partial charge is 0.101 e. The molecule has 1 fully saturated rings. The molecular weight excluding hydrogens is 272 g/mol. The summed E-state index contributed by atoms with van der Waals surface area (Å²) in [6.45, 7) is 0. The summed E-state index contributed by atoms with van der Waals surface area (Å²) in [5.41, 5.74) is 3.86. The molecule has 0 atom stereocenters. The van der Waals surface area contributed by atoms with Crippen molar-refractivity contribution < 1.29 is 0 Å². The zero-order valence-corrected chi connectivity index (χ0v) is 12.9. The topological polar surface area (TPSA) is 54.5 Å². The highest BCUT2D eigenvalue weighted by atomic mass is 15.3. The van der Waals surface area contributed by atoms with Crippen molar-refractivity contribution >= 4 is 12.2 Å². The van der Waals surface area contributed by atoms with Crippen LogP contribution in [0.2, 0.25) is 0 Å². The Balaban J connectivity index is 1.89. The fourth-order valence-electron chi connectivity index (χ4n) is 3.17. The van der Waals surface area contributed by atoms with Crippen molar-refractivity contribution in [2.75, 3.05) is 0 Å². The lowest BCUT2D eigenvalue weighted by atomic mass is 9.85. The second kappa shape index (κ2) is 6.57. The lowest BCUT2D eigenvalue weighted by Crippen LogP contribution is -2.06. The molecule has 0 aromatic carbocycles. The summed E-state index contributed by atoms with van der Waals surface area (Å²) in [4.78, 5) is 3.99. The molecule has 1 aliphatic carbocycles. The number of hydrogen-bond donors (Lipinski definition) is 0. The Hall–Kier alpha value is -2.41. The number of nitrogens with zero attached hydrogens (tertiary/aromatic N) is 4. The highest BCUT2D eigenvalue weighted by Gasteiger charge is 2.20. The van der Waals surface area contributed by atoms with Crippen LogP contribution >= 0.6 is 0 Å². The number of aryl methyl sites for hydroxylation is 1. The van der Waals surface area contributed by atoms with E-state index in [0.29, 0.717) is 11.5 Å². The minimum Gasteiger partial charge on any atom is -0.275 e. The van der Waals surface area contributed by atoms with Gasteiger partial charge in [-0.05, 0) is 24.5 Å². The van der Waals surface area contributed by atoms with Crippen LogP contribution in [0.5, 0.6) is 0 Å². The first-order chi connectivity index (χ1) is 10.8. The number of rotatable bonds is 3. The average molecular weight is 292 g/mol. The van der Waals surface area contributed by atoms with E-state index in [4.69, 9.17) is 5.26 Å². The minimum absolute atomic E-state index is 0.572. The van der Waals surface area contributed by atoms with Gasteiger partial charge in [0.1, 0.15) is 6.07 Å². The molecule has 3 rings (SSSR count). The van der Waals surface area contributed by atoms with E-state index in [0.717, 1.165) is 11.1 Å². The van der Waals surface area contributed by atoms with E-state index in [1.54, 1.807) is 12.4 Å². The molecule has 0 N–H and O–H groups in total. The fraction of sp³-hybridized carbons (Fsp3) is 0.389. The Morgan fingerprint density at radius 1 is 1.23 bits per heavy atom. The summed E-state index contributed by atoms with van der Waals surface area (Å²) >= 11 is 0. The van der Waals surface area contributed by atoms with E-state index in [-0.39, 0.29) is 0 Å².